The smallest absolute Gasteiger partial charge is 0.410 e. The summed E-state index contributed by atoms with van der Waals surface area (Å²) >= 11 is 0. The molecule has 0 aliphatic carbocycles. The monoisotopic (exact) mass is 301 g/mol. The van der Waals surface area contributed by atoms with Crippen LogP contribution in [0.2, 0.25) is 0 Å². The molecule has 1 atom stereocenters. The third-order valence-corrected chi connectivity index (χ3v) is 3.59. The quantitative estimate of drug-likeness (QED) is 0.734. The minimum Gasteiger partial charge on any atom is -0.444 e. The van der Waals surface area contributed by atoms with Gasteiger partial charge in [0.05, 0.1) is 12.1 Å². The number of ether oxygens (including phenoxy) is 2. The summed E-state index contributed by atoms with van der Waals surface area (Å²) in [6.45, 7) is 9.96. The van der Waals surface area contributed by atoms with E-state index in [9.17, 15) is 4.79 Å². The molecule has 1 aliphatic heterocycles. The van der Waals surface area contributed by atoms with E-state index in [-0.39, 0.29) is 18.3 Å². The van der Waals surface area contributed by atoms with Crippen molar-refractivity contribution in [2.75, 3.05) is 26.3 Å². The number of amides is 1. The molecule has 21 heavy (non-hydrogen) atoms. The van der Waals surface area contributed by atoms with Gasteiger partial charge in [-0.15, -0.1) is 0 Å². The predicted octanol–water partition coefficient (Wildman–Crippen LogP) is 2.96. The van der Waals surface area contributed by atoms with Crippen molar-refractivity contribution < 1.29 is 19.4 Å². The minimum atomic E-state index is -0.455. The van der Waals surface area contributed by atoms with Gasteiger partial charge in [-0.25, -0.2) is 4.79 Å². The van der Waals surface area contributed by atoms with E-state index in [1.807, 2.05) is 20.8 Å². The fraction of sp³-hybridized carbons (Fsp3) is 0.938. The average Bonchev–Trinajstić information content (AvgIpc) is 2.75. The van der Waals surface area contributed by atoms with Crippen LogP contribution in [0.25, 0.3) is 0 Å². The van der Waals surface area contributed by atoms with Crippen molar-refractivity contribution in [1.29, 1.82) is 0 Å². The zero-order valence-corrected chi connectivity index (χ0v) is 14.0. The van der Waals surface area contributed by atoms with E-state index in [1.165, 1.54) is 0 Å². The zero-order chi connectivity index (χ0) is 15.9. The maximum absolute atomic E-state index is 12.0. The van der Waals surface area contributed by atoms with Crippen LogP contribution >= 0.6 is 0 Å². The van der Waals surface area contributed by atoms with Crippen molar-refractivity contribution in [1.82, 2.24) is 4.90 Å². The van der Waals surface area contributed by atoms with Crippen LogP contribution in [0.3, 0.4) is 0 Å². The zero-order valence-electron chi connectivity index (χ0n) is 14.0. The van der Waals surface area contributed by atoms with Crippen molar-refractivity contribution in [3.63, 3.8) is 0 Å². The Hall–Kier alpha value is -0.810. The Morgan fingerprint density at radius 1 is 1.24 bits per heavy atom. The molecule has 0 aromatic rings. The third kappa shape index (κ3) is 7.14. The first kappa shape index (κ1) is 18.2. The number of hydrogen-bond donors (Lipinski definition) is 1. The lowest BCUT2D eigenvalue weighted by Gasteiger charge is -2.27. The molecule has 0 saturated carbocycles. The first-order valence-electron chi connectivity index (χ1n) is 7.98. The molecule has 1 saturated heterocycles. The van der Waals surface area contributed by atoms with Crippen LogP contribution in [0.5, 0.6) is 0 Å². The predicted molar refractivity (Wildman–Crippen MR) is 82.3 cm³/mol. The molecule has 0 aromatic carbocycles. The van der Waals surface area contributed by atoms with Crippen molar-refractivity contribution in [2.45, 2.75) is 71.0 Å². The Labute approximate surface area is 128 Å². The maximum Gasteiger partial charge on any atom is 0.410 e. The first-order valence-corrected chi connectivity index (χ1v) is 7.98. The Morgan fingerprint density at radius 2 is 1.90 bits per heavy atom. The van der Waals surface area contributed by atoms with Gasteiger partial charge < -0.3 is 19.5 Å². The summed E-state index contributed by atoms with van der Waals surface area (Å²) in [5, 5.41) is 8.72. The van der Waals surface area contributed by atoms with Crippen molar-refractivity contribution >= 4 is 6.09 Å². The normalized spacial score (nSPS) is 22.6. The Kier molecular flexibility index (Phi) is 6.94. The van der Waals surface area contributed by atoms with Gasteiger partial charge in [-0.3, -0.25) is 0 Å². The van der Waals surface area contributed by atoms with Crippen LogP contribution in [0.4, 0.5) is 4.79 Å². The van der Waals surface area contributed by atoms with Gasteiger partial charge in [-0.05, 0) is 47.0 Å². The van der Waals surface area contributed by atoms with Crippen molar-refractivity contribution in [3.8, 4) is 0 Å². The number of rotatable bonds is 7. The van der Waals surface area contributed by atoms with Crippen LogP contribution < -0.4 is 0 Å². The van der Waals surface area contributed by atoms with E-state index in [0.717, 1.165) is 32.1 Å². The van der Waals surface area contributed by atoms with E-state index >= 15 is 0 Å². The molecular formula is C16H31NO4. The van der Waals surface area contributed by atoms with Gasteiger partial charge in [0, 0.05) is 19.8 Å². The minimum absolute atomic E-state index is 0.252. The van der Waals surface area contributed by atoms with E-state index in [2.05, 4.69) is 6.92 Å². The van der Waals surface area contributed by atoms with Gasteiger partial charge in [-0.2, -0.15) is 0 Å². The first-order chi connectivity index (χ1) is 9.76. The molecule has 1 rings (SSSR count). The van der Waals surface area contributed by atoms with E-state index in [4.69, 9.17) is 14.6 Å². The van der Waals surface area contributed by atoms with Crippen molar-refractivity contribution in [3.05, 3.63) is 0 Å². The highest BCUT2D eigenvalue weighted by molar-refractivity contribution is 5.68. The fourth-order valence-corrected chi connectivity index (χ4v) is 2.42. The van der Waals surface area contributed by atoms with Gasteiger partial charge in [0.25, 0.3) is 0 Å². The molecule has 1 aliphatic rings. The van der Waals surface area contributed by atoms with Gasteiger partial charge >= 0.3 is 6.09 Å². The lowest BCUT2D eigenvalue weighted by Crippen LogP contribution is -2.39. The second-order valence-electron chi connectivity index (χ2n) is 7.09. The molecule has 1 N–H and O–H groups in total. The third-order valence-electron chi connectivity index (χ3n) is 3.59. The van der Waals surface area contributed by atoms with E-state index < -0.39 is 5.60 Å². The Morgan fingerprint density at radius 3 is 2.52 bits per heavy atom. The summed E-state index contributed by atoms with van der Waals surface area (Å²) in [6, 6.07) is 0. The number of nitrogens with zero attached hydrogens (tertiary/aromatic N) is 1. The molecule has 0 aromatic heterocycles. The van der Waals surface area contributed by atoms with Gasteiger partial charge in [0.15, 0.2) is 0 Å². The molecule has 1 heterocycles. The fourth-order valence-electron chi connectivity index (χ4n) is 2.42. The molecule has 1 fully saturated rings. The lowest BCUT2D eigenvalue weighted by atomic mass is 10.1. The summed E-state index contributed by atoms with van der Waals surface area (Å²) in [6.07, 6.45) is 4.58. The molecule has 0 spiro atoms. The highest BCUT2D eigenvalue weighted by Crippen LogP contribution is 2.26. The summed E-state index contributed by atoms with van der Waals surface area (Å²) in [4.78, 5) is 13.8. The molecule has 0 bridgehead atoms. The number of carbonyl (C=O) groups excluding carboxylic acids is 1. The number of aliphatic hydroxyl groups is 1. The van der Waals surface area contributed by atoms with Gasteiger partial charge in [-0.1, -0.05) is 12.8 Å². The molecule has 1 amide bonds. The highest BCUT2D eigenvalue weighted by atomic mass is 16.6. The number of hydrogen-bond acceptors (Lipinski definition) is 4. The topological polar surface area (TPSA) is 59.0 Å². The molecule has 5 heteroatoms. The van der Waals surface area contributed by atoms with Gasteiger partial charge in [0.2, 0.25) is 0 Å². The summed E-state index contributed by atoms with van der Waals surface area (Å²) < 4.78 is 11.4. The highest BCUT2D eigenvalue weighted by Gasteiger charge is 2.38. The summed E-state index contributed by atoms with van der Waals surface area (Å²) in [5.41, 5.74) is -0.711. The van der Waals surface area contributed by atoms with Crippen LogP contribution in [-0.2, 0) is 9.47 Å². The molecule has 5 nitrogen and oxygen atoms in total. The van der Waals surface area contributed by atoms with Crippen LogP contribution in [0.15, 0.2) is 0 Å². The maximum atomic E-state index is 12.0. The largest absolute Gasteiger partial charge is 0.444 e. The number of likely N-dealkylation sites (tertiary alicyclic amines) is 1. The van der Waals surface area contributed by atoms with E-state index in [1.54, 1.807) is 4.90 Å². The van der Waals surface area contributed by atoms with Crippen LogP contribution in [-0.4, -0.2) is 53.6 Å². The molecular weight excluding hydrogens is 270 g/mol. The number of aliphatic hydroxyl groups excluding tert-OH is 1. The average molecular weight is 301 g/mol. The standard InChI is InChI=1S/C16H31NO4/c1-15(2,3)21-14(19)17-10-9-16(4,13-17)20-12-8-6-5-7-11-18/h18H,5-13H2,1-4H3. The Balaban J connectivity index is 2.26. The molecule has 0 radical (unpaired) electrons. The summed E-state index contributed by atoms with van der Waals surface area (Å²) in [5.74, 6) is 0. The van der Waals surface area contributed by atoms with Gasteiger partial charge in [0.1, 0.15) is 5.60 Å². The number of carbonyl (C=O) groups is 1. The van der Waals surface area contributed by atoms with Crippen molar-refractivity contribution in [2.24, 2.45) is 0 Å². The van der Waals surface area contributed by atoms with E-state index in [0.29, 0.717) is 19.7 Å². The van der Waals surface area contributed by atoms with Crippen LogP contribution in [0.1, 0.15) is 59.8 Å². The molecule has 1 unspecified atom stereocenters. The lowest BCUT2D eigenvalue weighted by molar-refractivity contribution is -0.0287. The van der Waals surface area contributed by atoms with Crippen LogP contribution in [0, 0.1) is 0 Å². The second kappa shape index (κ2) is 7.99. The Bertz CT molecular complexity index is 327. The number of unbranched alkanes of at least 4 members (excludes halogenated alkanes) is 3. The second-order valence-corrected chi connectivity index (χ2v) is 7.09. The summed E-state index contributed by atoms with van der Waals surface area (Å²) in [7, 11) is 0. The molecule has 124 valence electrons. The SMILES string of the molecule is CC(C)(C)OC(=O)N1CCC(C)(OCCCCCCO)C1.